The maximum Gasteiger partial charge on any atom is 0.147 e. The van der Waals surface area contributed by atoms with E-state index in [0.29, 0.717) is 5.88 Å². The van der Waals surface area contributed by atoms with Crippen LogP contribution in [0, 0.1) is 3.57 Å². The second-order valence-corrected chi connectivity index (χ2v) is 6.31. The molecule has 1 aromatic carbocycles. The molecule has 0 aliphatic heterocycles. The van der Waals surface area contributed by atoms with E-state index in [0.717, 1.165) is 44.8 Å². The summed E-state index contributed by atoms with van der Waals surface area (Å²) in [5.41, 5.74) is 2.20. The molecule has 0 atom stereocenters. The van der Waals surface area contributed by atoms with Crippen LogP contribution in [0.25, 0.3) is 11.3 Å². The van der Waals surface area contributed by atoms with E-state index < -0.39 is 0 Å². The summed E-state index contributed by atoms with van der Waals surface area (Å²) in [6, 6.07) is 7.94. The van der Waals surface area contributed by atoms with Crippen LogP contribution in [0.1, 0.15) is 37.5 Å². The van der Waals surface area contributed by atoms with Crippen LogP contribution in [0.3, 0.4) is 0 Å². The van der Waals surface area contributed by atoms with Crippen molar-refractivity contribution in [2.75, 3.05) is 7.11 Å². The number of benzene rings is 1. The van der Waals surface area contributed by atoms with Gasteiger partial charge in [-0.1, -0.05) is 19.8 Å². The molecule has 21 heavy (non-hydrogen) atoms. The minimum Gasteiger partial charge on any atom is -0.497 e. The molecule has 0 radical (unpaired) electrons. The van der Waals surface area contributed by atoms with Crippen molar-refractivity contribution < 1.29 is 9.15 Å². The number of aryl methyl sites for hydroxylation is 1. The number of methoxy groups -OCH3 is 1. The Labute approximate surface area is 145 Å². The smallest absolute Gasteiger partial charge is 0.147 e. The van der Waals surface area contributed by atoms with E-state index in [4.69, 9.17) is 20.8 Å². The van der Waals surface area contributed by atoms with Gasteiger partial charge in [-0.05, 0) is 53.3 Å². The second-order valence-electron chi connectivity index (χ2n) is 4.97. The maximum atomic E-state index is 6.11. The summed E-state index contributed by atoms with van der Waals surface area (Å²) in [6.07, 6.45) is 4.53. The van der Waals surface area contributed by atoms with Gasteiger partial charge >= 0.3 is 0 Å². The van der Waals surface area contributed by atoms with Crippen LogP contribution >= 0.6 is 34.2 Å². The summed E-state index contributed by atoms with van der Waals surface area (Å²) in [5, 5.41) is 0. The molecule has 2 aromatic rings. The lowest BCUT2D eigenvalue weighted by Gasteiger charge is -2.01. The number of hydrogen-bond donors (Lipinski definition) is 0. The Morgan fingerprint density at radius 1 is 1.19 bits per heavy atom. The van der Waals surface area contributed by atoms with Gasteiger partial charge in [-0.3, -0.25) is 0 Å². The van der Waals surface area contributed by atoms with Crippen molar-refractivity contribution in [3.05, 3.63) is 39.2 Å². The lowest BCUT2D eigenvalue weighted by molar-refractivity contribution is 0.415. The van der Waals surface area contributed by atoms with E-state index >= 15 is 0 Å². The van der Waals surface area contributed by atoms with Gasteiger partial charge in [0.1, 0.15) is 17.3 Å². The largest absolute Gasteiger partial charge is 0.497 e. The van der Waals surface area contributed by atoms with Crippen molar-refractivity contribution in [2.24, 2.45) is 0 Å². The minimum absolute atomic E-state index is 0.499. The van der Waals surface area contributed by atoms with E-state index in [1.807, 2.05) is 24.3 Å². The highest BCUT2D eigenvalue weighted by molar-refractivity contribution is 14.1. The minimum atomic E-state index is 0.499. The van der Waals surface area contributed by atoms with Crippen LogP contribution < -0.4 is 4.74 Å². The topological polar surface area (TPSA) is 22.4 Å². The number of halogens is 2. The van der Waals surface area contributed by atoms with E-state index in [1.165, 1.54) is 12.8 Å². The van der Waals surface area contributed by atoms with Crippen molar-refractivity contribution in [1.29, 1.82) is 0 Å². The number of rotatable bonds is 7. The molecule has 2 nitrogen and oxygen atoms in total. The Balaban J connectivity index is 2.30. The van der Waals surface area contributed by atoms with Gasteiger partial charge in [-0.25, -0.2) is 0 Å². The van der Waals surface area contributed by atoms with Gasteiger partial charge < -0.3 is 9.15 Å². The lowest BCUT2D eigenvalue weighted by Crippen LogP contribution is -1.89. The molecule has 0 fully saturated rings. The molecule has 0 aliphatic carbocycles. The third-order valence-electron chi connectivity index (χ3n) is 3.52. The monoisotopic (exact) mass is 418 g/mol. The summed E-state index contributed by atoms with van der Waals surface area (Å²) >= 11 is 8.45. The molecule has 4 heteroatoms. The molecule has 0 unspecified atom stereocenters. The molecule has 0 amide bonds. The summed E-state index contributed by atoms with van der Waals surface area (Å²) in [6.45, 7) is 2.21. The van der Waals surface area contributed by atoms with E-state index in [-0.39, 0.29) is 0 Å². The summed E-state index contributed by atoms with van der Waals surface area (Å²) in [7, 11) is 1.67. The fraction of sp³-hybridized carbons (Fsp3) is 0.412. The van der Waals surface area contributed by atoms with Gasteiger partial charge in [-0.15, -0.1) is 11.6 Å². The molecule has 114 valence electrons. The molecule has 0 N–H and O–H groups in total. The normalized spacial score (nSPS) is 10.9. The Morgan fingerprint density at radius 3 is 2.48 bits per heavy atom. The SMILES string of the molecule is CCCCCc1oc(-c2ccc(OC)cc2)c(I)c1CCl. The molecule has 0 saturated carbocycles. The molecule has 1 aromatic heterocycles. The average molecular weight is 419 g/mol. The van der Waals surface area contributed by atoms with Crippen molar-refractivity contribution in [3.8, 4) is 17.1 Å². The highest BCUT2D eigenvalue weighted by Gasteiger charge is 2.18. The predicted molar refractivity (Wildman–Crippen MR) is 96.2 cm³/mol. The Hall–Kier alpha value is -0.680. The first-order valence-electron chi connectivity index (χ1n) is 7.21. The molecule has 2 rings (SSSR count). The van der Waals surface area contributed by atoms with Crippen molar-refractivity contribution in [2.45, 2.75) is 38.5 Å². The molecule has 0 saturated heterocycles. The van der Waals surface area contributed by atoms with Gasteiger partial charge in [0.05, 0.1) is 16.6 Å². The number of furan rings is 1. The van der Waals surface area contributed by atoms with E-state index in [2.05, 4.69) is 29.5 Å². The lowest BCUT2D eigenvalue weighted by atomic mass is 10.1. The molecule has 0 spiro atoms. The Morgan fingerprint density at radius 2 is 1.90 bits per heavy atom. The maximum absolute atomic E-state index is 6.11. The third-order valence-corrected chi connectivity index (χ3v) is 4.93. The zero-order chi connectivity index (χ0) is 15.2. The number of hydrogen-bond acceptors (Lipinski definition) is 2. The highest BCUT2D eigenvalue weighted by atomic mass is 127. The van der Waals surface area contributed by atoms with Gasteiger partial charge in [0, 0.05) is 17.5 Å². The molecule has 1 heterocycles. The average Bonchev–Trinajstić information content (AvgIpc) is 2.83. The summed E-state index contributed by atoms with van der Waals surface area (Å²) in [5.74, 6) is 3.30. The molecular weight excluding hydrogens is 399 g/mol. The van der Waals surface area contributed by atoms with Gasteiger partial charge in [0.15, 0.2) is 0 Å². The molecule has 0 bridgehead atoms. The number of ether oxygens (including phenoxy) is 1. The van der Waals surface area contributed by atoms with E-state index in [1.54, 1.807) is 7.11 Å². The fourth-order valence-corrected chi connectivity index (χ4v) is 3.71. The second kappa shape index (κ2) is 8.08. The van der Waals surface area contributed by atoms with Crippen LogP contribution in [-0.4, -0.2) is 7.11 Å². The van der Waals surface area contributed by atoms with Crippen LogP contribution in [-0.2, 0) is 12.3 Å². The predicted octanol–water partition coefficient (Wildman–Crippen LogP) is 6.03. The van der Waals surface area contributed by atoms with Crippen LogP contribution in [0.4, 0.5) is 0 Å². The fourth-order valence-electron chi connectivity index (χ4n) is 2.29. The van der Waals surface area contributed by atoms with Crippen LogP contribution in [0.2, 0.25) is 0 Å². The van der Waals surface area contributed by atoms with E-state index in [9.17, 15) is 0 Å². The third kappa shape index (κ3) is 3.95. The zero-order valence-corrected chi connectivity index (χ0v) is 15.3. The first-order valence-corrected chi connectivity index (χ1v) is 8.83. The zero-order valence-electron chi connectivity index (χ0n) is 12.4. The Kier molecular flexibility index (Phi) is 6.42. The summed E-state index contributed by atoms with van der Waals surface area (Å²) in [4.78, 5) is 0. The van der Waals surface area contributed by atoms with Crippen molar-refractivity contribution >= 4 is 34.2 Å². The quantitative estimate of drug-likeness (QED) is 0.311. The van der Waals surface area contributed by atoms with Gasteiger partial charge in [0.2, 0.25) is 0 Å². The highest BCUT2D eigenvalue weighted by Crippen LogP contribution is 2.35. The molecule has 0 aliphatic rings. The number of alkyl halides is 1. The first kappa shape index (κ1) is 16.7. The van der Waals surface area contributed by atoms with Crippen LogP contribution in [0.5, 0.6) is 5.75 Å². The van der Waals surface area contributed by atoms with Crippen molar-refractivity contribution in [3.63, 3.8) is 0 Å². The first-order chi connectivity index (χ1) is 10.2. The van der Waals surface area contributed by atoms with Gasteiger partial charge in [-0.2, -0.15) is 0 Å². The van der Waals surface area contributed by atoms with Crippen molar-refractivity contribution in [1.82, 2.24) is 0 Å². The standard InChI is InChI=1S/C17H20ClIO2/c1-3-4-5-6-15-14(11-18)16(19)17(21-15)12-7-9-13(20-2)10-8-12/h7-10H,3-6,11H2,1-2H3. The Bertz CT molecular complexity index is 575. The number of unbranched alkanes of at least 4 members (excludes halogenated alkanes) is 2. The van der Waals surface area contributed by atoms with Crippen LogP contribution in [0.15, 0.2) is 28.7 Å². The molecular formula is C17H20ClIO2. The summed E-state index contributed by atoms with van der Waals surface area (Å²) < 4.78 is 12.4. The van der Waals surface area contributed by atoms with Gasteiger partial charge in [0.25, 0.3) is 0 Å².